The highest BCUT2D eigenvalue weighted by molar-refractivity contribution is 5.73. The molecule has 0 aliphatic carbocycles. The van der Waals surface area contributed by atoms with Crippen molar-refractivity contribution in [2.75, 3.05) is 11.4 Å². The summed E-state index contributed by atoms with van der Waals surface area (Å²) in [6, 6.07) is 30.2. The van der Waals surface area contributed by atoms with E-state index in [0.717, 1.165) is 19.5 Å². The molecule has 1 nitrogen and oxygen atoms in total. The van der Waals surface area contributed by atoms with Gasteiger partial charge in [-0.1, -0.05) is 84.9 Å². The van der Waals surface area contributed by atoms with E-state index in [1.54, 1.807) is 0 Å². The van der Waals surface area contributed by atoms with Gasteiger partial charge in [0.05, 0.1) is 0 Å². The number of anilines is 1. The van der Waals surface area contributed by atoms with Gasteiger partial charge in [0, 0.05) is 18.8 Å². The van der Waals surface area contributed by atoms with Crippen LogP contribution in [0.2, 0.25) is 0 Å². The number of benzene rings is 3. The predicted octanol–water partition coefficient (Wildman–Crippen LogP) is 5.33. The molecule has 1 aliphatic rings. The van der Waals surface area contributed by atoms with E-state index in [1.165, 1.54) is 28.0 Å². The first kappa shape index (κ1) is 14.8. The van der Waals surface area contributed by atoms with Gasteiger partial charge in [0.25, 0.3) is 0 Å². The molecule has 0 radical (unpaired) electrons. The average molecular weight is 311 g/mol. The van der Waals surface area contributed by atoms with Crippen LogP contribution < -0.4 is 4.90 Å². The van der Waals surface area contributed by atoms with Crippen LogP contribution in [0.1, 0.15) is 16.7 Å². The van der Waals surface area contributed by atoms with Crippen LogP contribution in [0.25, 0.3) is 6.08 Å². The van der Waals surface area contributed by atoms with E-state index >= 15 is 0 Å². The van der Waals surface area contributed by atoms with E-state index in [0.29, 0.717) is 0 Å². The third-order valence-corrected chi connectivity index (χ3v) is 4.52. The fourth-order valence-electron chi connectivity index (χ4n) is 3.40. The van der Waals surface area contributed by atoms with Gasteiger partial charge in [0.1, 0.15) is 0 Å². The SMILES string of the molecule is C1=C(Cc2ccccc2)CN(Cc2ccccc2)c2ccccc21. The van der Waals surface area contributed by atoms with Gasteiger partial charge in [-0.3, -0.25) is 0 Å². The largest absolute Gasteiger partial charge is 0.363 e. The molecule has 0 N–H and O–H groups in total. The minimum atomic E-state index is 0.948. The lowest BCUT2D eigenvalue weighted by Gasteiger charge is -2.31. The molecule has 0 saturated heterocycles. The molecular formula is C23H21N. The maximum absolute atomic E-state index is 2.49. The van der Waals surface area contributed by atoms with Crippen molar-refractivity contribution in [1.29, 1.82) is 0 Å². The Morgan fingerprint density at radius 1 is 0.667 bits per heavy atom. The molecule has 4 rings (SSSR count). The van der Waals surface area contributed by atoms with Gasteiger partial charge in [0.15, 0.2) is 0 Å². The lowest BCUT2D eigenvalue weighted by Crippen LogP contribution is -2.28. The molecule has 1 aliphatic heterocycles. The molecule has 0 spiro atoms. The van der Waals surface area contributed by atoms with Crippen LogP contribution in [0.4, 0.5) is 5.69 Å². The summed E-state index contributed by atoms with van der Waals surface area (Å²) in [5.74, 6) is 0. The third-order valence-electron chi connectivity index (χ3n) is 4.52. The number of nitrogens with zero attached hydrogens (tertiary/aromatic N) is 1. The Morgan fingerprint density at radius 2 is 1.29 bits per heavy atom. The van der Waals surface area contributed by atoms with Gasteiger partial charge in [-0.15, -0.1) is 0 Å². The van der Waals surface area contributed by atoms with Crippen molar-refractivity contribution in [3.8, 4) is 0 Å². The quantitative estimate of drug-likeness (QED) is 0.629. The standard InChI is InChI=1S/C23H21N/c1-3-9-19(10-4-1)15-21-16-22-13-7-8-14-23(22)24(18-21)17-20-11-5-2-6-12-20/h1-14,16H,15,17-18H2. The maximum atomic E-state index is 2.49. The lowest BCUT2D eigenvalue weighted by atomic mass is 9.97. The zero-order chi connectivity index (χ0) is 16.2. The molecule has 0 unspecified atom stereocenters. The van der Waals surface area contributed by atoms with Crippen LogP contribution in [0.15, 0.2) is 90.5 Å². The number of hydrogen-bond acceptors (Lipinski definition) is 1. The Labute approximate surface area is 143 Å². The predicted molar refractivity (Wildman–Crippen MR) is 102 cm³/mol. The van der Waals surface area contributed by atoms with Gasteiger partial charge in [0.2, 0.25) is 0 Å². The van der Waals surface area contributed by atoms with E-state index < -0.39 is 0 Å². The van der Waals surface area contributed by atoms with Crippen molar-refractivity contribution in [1.82, 2.24) is 0 Å². The van der Waals surface area contributed by atoms with Crippen LogP contribution >= 0.6 is 0 Å². The zero-order valence-corrected chi connectivity index (χ0v) is 13.7. The van der Waals surface area contributed by atoms with Gasteiger partial charge >= 0.3 is 0 Å². The Balaban J connectivity index is 1.62. The summed E-state index contributed by atoms with van der Waals surface area (Å²) in [4.78, 5) is 2.49. The molecule has 3 aromatic rings. The fourth-order valence-corrected chi connectivity index (χ4v) is 3.40. The molecule has 24 heavy (non-hydrogen) atoms. The highest BCUT2D eigenvalue weighted by atomic mass is 15.1. The average Bonchev–Trinajstić information content (AvgIpc) is 2.63. The summed E-state index contributed by atoms with van der Waals surface area (Å²) in [6.07, 6.45) is 3.38. The second kappa shape index (κ2) is 6.76. The molecule has 118 valence electrons. The van der Waals surface area contributed by atoms with E-state index in [1.807, 2.05) is 0 Å². The maximum Gasteiger partial charge on any atom is 0.0445 e. The molecule has 1 heterocycles. The van der Waals surface area contributed by atoms with Crippen LogP contribution in [0.5, 0.6) is 0 Å². The molecule has 0 fully saturated rings. The molecule has 0 atom stereocenters. The van der Waals surface area contributed by atoms with Crippen LogP contribution in [0.3, 0.4) is 0 Å². The first-order valence-corrected chi connectivity index (χ1v) is 8.50. The van der Waals surface area contributed by atoms with Crippen molar-refractivity contribution in [2.45, 2.75) is 13.0 Å². The van der Waals surface area contributed by atoms with Crippen molar-refractivity contribution in [2.24, 2.45) is 0 Å². The third kappa shape index (κ3) is 3.26. The summed E-state index contributed by atoms with van der Waals surface area (Å²) in [6.45, 7) is 1.94. The number of fused-ring (bicyclic) bond motifs is 1. The second-order valence-electron chi connectivity index (χ2n) is 6.37. The summed E-state index contributed by atoms with van der Waals surface area (Å²) < 4.78 is 0. The molecule has 0 saturated carbocycles. The number of hydrogen-bond donors (Lipinski definition) is 0. The second-order valence-corrected chi connectivity index (χ2v) is 6.37. The first-order valence-electron chi connectivity index (χ1n) is 8.50. The zero-order valence-electron chi connectivity index (χ0n) is 13.7. The van der Waals surface area contributed by atoms with Crippen LogP contribution in [-0.2, 0) is 13.0 Å². The summed E-state index contributed by atoms with van der Waals surface area (Å²) >= 11 is 0. The Kier molecular flexibility index (Phi) is 4.16. The van der Waals surface area contributed by atoms with Gasteiger partial charge in [-0.25, -0.2) is 0 Å². The minimum absolute atomic E-state index is 0.948. The van der Waals surface area contributed by atoms with Crippen LogP contribution in [-0.4, -0.2) is 6.54 Å². The summed E-state index contributed by atoms with van der Waals surface area (Å²) in [7, 11) is 0. The van der Waals surface area contributed by atoms with Gasteiger partial charge in [-0.2, -0.15) is 0 Å². The highest BCUT2D eigenvalue weighted by Gasteiger charge is 2.17. The topological polar surface area (TPSA) is 3.24 Å². The molecule has 1 heteroatoms. The molecule has 0 amide bonds. The summed E-state index contributed by atoms with van der Waals surface area (Å²) in [5.41, 5.74) is 6.86. The molecule has 0 bridgehead atoms. The molecular weight excluding hydrogens is 290 g/mol. The fraction of sp³-hybridized carbons (Fsp3) is 0.130. The normalized spacial score (nSPS) is 13.3. The van der Waals surface area contributed by atoms with Crippen molar-refractivity contribution in [3.05, 3.63) is 107 Å². The van der Waals surface area contributed by atoms with E-state index in [4.69, 9.17) is 0 Å². The highest BCUT2D eigenvalue weighted by Crippen LogP contribution is 2.31. The first-order chi connectivity index (χ1) is 11.9. The van der Waals surface area contributed by atoms with E-state index in [-0.39, 0.29) is 0 Å². The Hall–Kier alpha value is -2.80. The minimum Gasteiger partial charge on any atom is -0.363 e. The van der Waals surface area contributed by atoms with Crippen molar-refractivity contribution >= 4 is 11.8 Å². The van der Waals surface area contributed by atoms with Gasteiger partial charge in [-0.05, 0) is 34.8 Å². The van der Waals surface area contributed by atoms with Crippen LogP contribution in [0, 0.1) is 0 Å². The number of para-hydroxylation sites is 1. The van der Waals surface area contributed by atoms with Crippen molar-refractivity contribution in [3.63, 3.8) is 0 Å². The Bertz CT molecular complexity index is 834. The van der Waals surface area contributed by atoms with E-state index in [9.17, 15) is 0 Å². The van der Waals surface area contributed by atoms with Gasteiger partial charge < -0.3 is 4.90 Å². The molecule has 3 aromatic carbocycles. The Morgan fingerprint density at radius 3 is 2.04 bits per heavy atom. The smallest absolute Gasteiger partial charge is 0.0445 e. The lowest BCUT2D eigenvalue weighted by molar-refractivity contribution is 0.822. The number of rotatable bonds is 4. The monoisotopic (exact) mass is 311 g/mol. The van der Waals surface area contributed by atoms with Crippen molar-refractivity contribution < 1.29 is 0 Å². The summed E-state index contributed by atoms with van der Waals surface area (Å²) in [5, 5.41) is 0. The molecule has 0 aromatic heterocycles. The van der Waals surface area contributed by atoms with E-state index in [2.05, 4.69) is 95.9 Å².